The normalized spacial score (nSPS) is 10.3. The fraction of sp³-hybridized carbons (Fsp3) is 0.143. The zero-order valence-electron chi connectivity index (χ0n) is 13.6. The van der Waals surface area contributed by atoms with Gasteiger partial charge in [-0.2, -0.15) is 0 Å². The van der Waals surface area contributed by atoms with Crippen molar-refractivity contribution in [1.82, 2.24) is 4.57 Å². The van der Waals surface area contributed by atoms with E-state index in [1.165, 1.54) is 0 Å². The molecular weight excluding hydrogens is 296 g/mol. The fourth-order valence-electron chi connectivity index (χ4n) is 2.85. The lowest BCUT2D eigenvalue weighted by molar-refractivity contribution is 0.768. The van der Waals surface area contributed by atoms with Crippen molar-refractivity contribution in [2.24, 2.45) is 0 Å². The van der Waals surface area contributed by atoms with E-state index in [2.05, 4.69) is 4.85 Å². The zero-order chi connectivity index (χ0) is 16.9. The summed E-state index contributed by atoms with van der Waals surface area (Å²) in [5.41, 5.74) is 3.70. The highest BCUT2D eigenvalue weighted by molar-refractivity contribution is 5.65. The third kappa shape index (κ3) is 3.00. The summed E-state index contributed by atoms with van der Waals surface area (Å²) in [7, 11) is 0. The SMILES string of the molecule is [C-]#[N+]c1c(CC)cc(-c2ccccc2)n(Cc2ccccc2)c1=O. The summed E-state index contributed by atoms with van der Waals surface area (Å²) in [6.07, 6.45) is 0.666. The Kier molecular flexibility index (Phi) is 4.58. The lowest BCUT2D eigenvalue weighted by Gasteiger charge is -2.16. The summed E-state index contributed by atoms with van der Waals surface area (Å²) in [4.78, 5) is 16.4. The van der Waals surface area contributed by atoms with Crippen LogP contribution in [0.1, 0.15) is 18.1 Å². The van der Waals surface area contributed by atoms with E-state index >= 15 is 0 Å². The third-order valence-electron chi connectivity index (χ3n) is 4.10. The summed E-state index contributed by atoms with van der Waals surface area (Å²) < 4.78 is 1.71. The predicted octanol–water partition coefficient (Wildman–Crippen LogP) is 4.68. The van der Waals surface area contributed by atoms with Crippen LogP contribution in [0.15, 0.2) is 71.5 Å². The first kappa shape index (κ1) is 15.8. The quantitative estimate of drug-likeness (QED) is 0.642. The Morgan fingerprint density at radius 3 is 2.21 bits per heavy atom. The molecule has 0 bridgehead atoms. The van der Waals surface area contributed by atoms with Crippen molar-refractivity contribution in [3.63, 3.8) is 0 Å². The van der Waals surface area contributed by atoms with Gasteiger partial charge in [0.15, 0.2) is 0 Å². The van der Waals surface area contributed by atoms with Crippen LogP contribution in [0.25, 0.3) is 16.1 Å². The minimum atomic E-state index is -0.216. The molecule has 3 aromatic rings. The molecule has 0 amide bonds. The second-order valence-corrected chi connectivity index (χ2v) is 5.61. The van der Waals surface area contributed by atoms with Crippen LogP contribution in [0, 0.1) is 6.57 Å². The number of pyridine rings is 1. The van der Waals surface area contributed by atoms with E-state index in [0.717, 1.165) is 22.4 Å². The molecule has 1 aromatic heterocycles. The van der Waals surface area contributed by atoms with Crippen LogP contribution in [-0.2, 0) is 13.0 Å². The largest absolute Gasteiger partial charge is 0.313 e. The summed E-state index contributed by atoms with van der Waals surface area (Å²) in [5, 5.41) is 0. The molecule has 0 saturated carbocycles. The second kappa shape index (κ2) is 6.97. The van der Waals surface area contributed by atoms with Crippen molar-refractivity contribution in [2.45, 2.75) is 19.9 Å². The fourth-order valence-corrected chi connectivity index (χ4v) is 2.85. The van der Waals surface area contributed by atoms with Gasteiger partial charge in [-0.05, 0) is 29.2 Å². The van der Waals surface area contributed by atoms with Crippen molar-refractivity contribution >= 4 is 5.69 Å². The molecule has 0 aliphatic rings. The molecule has 0 N–H and O–H groups in total. The lowest BCUT2D eigenvalue weighted by Crippen LogP contribution is -2.23. The van der Waals surface area contributed by atoms with Gasteiger partial charge in [0, 0.05) is 12.2 Å². The highest BCUT2D eigenvalue weighted by atomic mass is 16.1. The first-order valence-corrected chi connectivity index (χ1v) is 7.98. The maximum absolute atomic E-state index is 12.9. The number of hydrogen-bond acceptors (Lipinski definition) is 1. The molecule has 1 heterocycles. The Morgan fingerprint density at radius 2 is 1.62 bits per heavy atom. The molecular formula is C21H18N2O. The monoisotopic (exact) mass is 314 g/mol. The summed E-state index contributed by atoms with van der Waals surface area (Å²) in [6, 6.07) is 21.7. The van der Waals surface area contributed by atoms with Gasteiger partial charge in [0.2, 0.25) is 0 Å². The number of rotatable bonds is 4. The topological polar surface area (TPSA) is 26.4 Å². The van der Waals surface area contributed by atoms with Crippen LogP contribution < -0.4 is 5.56 Å². The molecule has 3 nitrogen and oxygen atoms in total. The van der Waals surface area contributed by atoms with E-state index in [9.17, 15) is 4.79 Å². The minimum absolute atomic E-state index is 0.216. The van der Waals surface area contributed by atoms with Gasteiger partial charge in [-0.3, -0.25) is 4.79 Å². The van der Waals surface area contributed by atoms with Gasteiger partial charge in [-0.1, -0.05) is 67.6 Å². The van der Waals surface area contributed by atoms with Crippen LogP contribution >= 0.6 is 0 Å². The molecule has 0 aliphatic carbocycles. The minimum Gasteiger partial charge on any atom is -0.313 e. The first-order chi connectivity index (χ1) is 11.7. The molecule has 0 spiro atoms. The molecule has 0 saturated heterocycles. The average Bonchev–Trinajstić information content (AvgIpc) is 2.64. The lowest BCUT2D eigenvalue weighted by atomic mass is 10.0. The number of nitrogens with zero attached hydrogens (tertiary/aromatic N) is 2. The van der Waals surface area contributed by atoms with Crippen LogP contribution in [0.3, 0.4) is 0 Å². The highest BCUT2D eigenvalue weighted by Gasteiger charge is 2.15. The van der Waals surface area contributed by atoms with Crippen molar-refractivity contribution in [2.75, 3.05) is 0 Å². The zero-order valence-corrected chi connectivity index (χ0v) is 13.6. The van der Waals surface area contributed by atoms with E-state index in [1.807, 2.05) is 73.7 Å². The summed E-state index contributed by atoms with van der Waals surface area (Å²) in [5.74, 6) is 0. The molecule has 0 radical (unpaired) electrons. The molecule has 24 heavy (non-hydrogen) atoms. The highest BCUT2D eigenvalue weighted by Crippen LogP contribution is 2.25. The number of aryl methyl sites for hydroxylation is 1. The molecule has 2 aromatic carbocycles. The number of hydrogen-bond donors (Lipinski definition) is 0. The smallest absolute Gasteiger partial charge is 0.257 e. The van der Waals surface area contributed by atoms with E-state index in [0.29, 0.717) is 13.0 Å². The summed E-state index contributed by atoms with van der Waals surface area (Å²) >= 11 is 0. The Morgan fingerprint density at radius 1 is 1.00 bits per heavy atom. The van der Waals surface area contributed by atoms with E-state index in [1.54, 1.807) is 4.57 Å². The van der Waals surface area contributed by atoms with Crippen LogP contribution in [0.2, 0.25) is 0 Å². The van der Waals surface area contributed by atoms with Gasteiger partial charge in [0.1, 0.15) is 0 Å². The Labute approximate surface area is 141 Å². The van der Waals surface area contributed by atoms with Crippen molar-refractivity contribution in [3.05, 3.63) is 99.6 Å². The maximum atomic E-state index is 12.9. The predicted molar refractivity (Wildman–Crippen MR) is 97.3 cm³/mol. The third-order valence-corrected chi connectivity index (χ3v) is 4.10. The van der Waals surface area contributed by atoms with E-state index in [-0.39, 0.29) is 11.2 Å². The average molecular weight is 314 g/mol. The molecule has 0 aliphatic heterocycles. The van der Waals surface area contributed by atoms with Gasteiger partial charge in [-0.25, -0.2) is 4.85 Å². The number of aromatic nitrogens is 1. The van der Waals surface area contributed by atoms with E-state index in [4.69, 9.17) is 6.57 Å². The Balaban J connectivity index is 2.25. The Hall–Kier alpha value is -3.12. The molecule has 0 fully saturated rings. The van der Waals surface area contributed by atoms with Crippen LogP contribution in [0.5, 0.6) is 0 Å². The Bertz CT molecular complexity index is 935. The standard InChI is InChI=1S/C21H18N2O/c1-3-17-14-19(18-12-8-5-9-13-18)23(21(24)20(17)22-2)15-16-10-6-4-7-11-16/h4-14H,3,15H2,1H3. The van der Waals surface area contributed by atoms with Crippen molar-refractivity contribution in [1.29, 1.82) is 0 Å². The van der Waals surface area contributed by atoms with E-state index < -0.39 is 0 Å². The molecule has 0 unspecified atom stereocenters. The summed E-state index contributed by atoms with van der Waals surface area (Å²) in [6.45, 7) is 9.82. The number of benzene rings is 2. The molecule has 3 rings (SSSR count). The van der Waals surface area contributed by atoms with Crippen LogP contribution in [0.4, 0.5) is 5.69 Å². The molecule has 3 heteroatoms. The van der Waals surface area contributed by atoms with Crippen molar-refractivity contribution in [3.8, 4) is 11.3 Å². The van der Waals surface area contributed by atoms with Gasteiger partial charge in [0.25, 0.3) is 11.2 Å². The van der Waals surface area contributed by atoms with Gasteiger partial charge in [-0.15, -0.1) is 0 Å². The van der Waals surface area contributed by atoms with Gasteiger partial charge in [0.05, 0.1) is 6.57 Å². The van der Waals surface area contributed by atoms with Gasteiger partial charge >= 0.3 is 0 Å². The molecule has 118 valence electrons. The van der Waals surface area contributed by atoms with Crippen molar-refractivity contribution < 1.29 is 0 Å². The second-order valence-electron chi connectivity index (χ2n) is 5.61. The molecule has 0 atom stereocenters. The van der Waals surface area contributed by atoms with Crippen LogP contribution in [-0.4, -0.2) is 4.57 Å². The van der Waals surface area contributed by atoms with Gasteiger partial charge < -0.3 is 4.57 Å². The first-order valence-electron chi connectivity index (χ1n) is 7.98. The maximum Gasteiger partial charge on any atom is 0.257 e.